The first-order chi connectivity index (χ1) is 16.5. The first-order valence-electron chi connectivity index (χ1n) is 11.5. The molecule has 3 amide bonds. The number of nitrogens with one attached hydrogen (secondary N) is 1. The van der Waals surface area contributed by atoms with Gasteiger partial charge in [0.2, 0.25) is 5.91 Å². The molecule has 1 aliphatic heterocycles. The number of likely N-dealkylation sites (tertiary alicyclic amines) is 1. The Kier molecular flexibility index (Phi) is 6.90. The molecule has 1 aliphatic carbocycles. The summed E-state index contributed by atoms with van der Waals surface area (Å²) in [6, 6.07) is 6.46. The fourth-order valence-corrected chi connectivity index (χ4v) is 4.70. The van der Waals surface area contributed by atoms with Gasteiger partial charge < -0.3 is 10.5 Å². The molecule has 2 aromatic heterocycles. The number of aromatic nitrogens is 2. The lowest BCUT2D eigenvalue weighted by molar-refractivity contribution is -0.135. The third-order valence-electron chi connectivity index (χ3n) is 6.54. The summed E-state index contributed by atoms with van der Waals surface area (Å²) in [4.78, 5) is 39.9. The molecule has 1 saturated heterocycles. The Labute approximate surface area is 199 Å². The molecule has 34 heavy (non-hydrogen) atoms. The van der Waals surface area contributed by atoms with E-state index in [4.69, 9.17) is 10.5 Å². The summed E-state index contributed by atoms with van der Waals surface area (Å²) in [5.41, 5.74) is 7.22. The van der Waals surface area contributed by atoms with Crippen molar-refractivity contribution in [2.24, 2.45) is 16.1 Å². The molecular formula is C25H30N6O3. The second kappa shape index (κ2) is 10.0. The Morgan fingerprint density at radius 3 is 2.74 bits per heavy atom. The third-order valence-corrected chi connectivity index (χ3v) is 6.54. The van der Waals surface area contributed by atoms with Gasteiger partial charge in [-0.15, -0.1) is 0 Å². The van der Waals surface area contributed by atoms with Gasteiger partial charge in [-0.1, -0.05) is 19.3 Å². The van der Waals surface area contributed by atoms with Crippen LogP contribution >= 0.6 is 0 Å². The number of nitrogens with zero attached hydrogens (tertiary/aromatic N) is 4. The highest BCUT2D eigenvalue weighted by Crippen LogP contribution is 2.44. The minimum Gasteiger partial charge on any atom is -0.455 e. The van der Waals surface area contributed by atoms with Crippen molar-refractivity contribution in [3.63, 3.8) is 0 Å². The summed E-state index contributed by atoms with van der Waals surface area (Å²) < 4.78 is 5.98. The lowest BCUT2D eigenvalue weighted by atomic mass is 9.73. The van der Waals surface area contributed by atoms with Gasteiger partial charge in [-0.2, -0.15) is 0 Å². The SMILES string of the molecule is CN=CC(=CN)c1cc(Oc2ccc(NC(=O)N3CCC4(CCCCC4)C3=O)nc2C)ccn1. The average Bonchev–Trinajstić information content (AvgIpc) is 3.15. The molecule has 2 aliphatic rings. The highest BCUT2D eigenvalue weighted by molar-refractivity contribution is 6.08. The number of aryl methyl sites for hydroxylation is 1. The number of amides is 3. The van der Waals surface area contributed by atoms with E-state index in [1.807, 2.05) is 0 Å². The zero-order valence-electron chi connectivity index (χ0n) is 19.6. The summed E-state index contributed by atoms with van der Waals surface area (Å²) >= 11 is 0. The van der Waals surface area contributed by atoms with Crippen molar-refractivity contribution in [3.05, 3.63) is 48.1 Å². The smallest absolute Gasteiger partial charge is 0.329 e. The van der Waals surface area contributed by atoms with Crippen molar-refractivity contribution in [3.8, 4) is 11.5 Å². The molecule has 4 rings (SSSR count). The number of anilines is 1. The Morgan fingerprint density at radius 1 is 1.24 bits per heavy atom. The average molecular weight is 463 g/mol. The first kappa shape index (κ1) is 23.4. The zero-order valence-corrected chi connectivity index (χ0v) is 19.6. The predicted molar refractivity (Wildman–Crippen MR) is 131 cm³/mol. The van der Waals surface area contributed by atoms with E-state index in [-0.39, 0.29) is 11.3 Å². The van der Waals surface area contributed by atoms with Gasteiger partial charge in [0.05, 0.1) is 16.8 Å². The van der Waals surface area contributed by atoms with E-state index in [2.05, 4.69) is 20.3 Å². The largest absolute Gasteiger partial charge is 0.455 e. The van der Waals surface area contributed by atoms with Gasteiger partial charge in [-0.25, -0.2) is 9.78 Å². The molecule has 3 heterocycles. The van der Waals surface area contributed by atoms with Crippen LogP contribution in [0.4, 0.5) is 10.6 Å². The van der Waals surface area contributed by atoms with Gasteiger partial charge in [0.25, 0.3) is 0 Å². The topological polar surface area (TPSA) is 123 Å². The number of imide groups is 1. The number of pyridine rings is 2. The van der Waals surface area contributed by atoms with Crippen molar-refractivity contribution in [1.82, 2.24) is 14.9 Å². The van der Waals surface area contributed by atoms with Crippen LogP contribution in [0.1, 0.15) is 49.9 Å². The fraction of sp³-hybridized carbons (Fsp3) is 0.400. The highest BCUT2D eigenvalue weighted by atomic mass is 16.5. The number of hydrogen-bond acceptors (Lipinski definition) is 7. The molecule has 2 fully saturated rings. The Hall–Kier alpha value is -3.75. The fourth-order valence-electron chi connectivity index (χ4n) is 4.70. The maximum absolute atomic E-state index is 13.0. The van der Waals surface area contributed by atoms with Gasteiger partial charge in [0.15, 0.2) is 0 Å². The van der Waals surface area contributed by atoms with E-state index in [1.54, 1.807) is 50.6 Å². The molecule has 178 valence electrons. The van der Waals surface area contributed by atoms with Crippen molar-refractivity contribution in [2.75, 3.05) is 18.9 Å². The van der Waals surface area contributed by atoms with Gasteiger partial charge in [-0.3, -0.25) is 25.0 Å². The number of hydrogen-bond donors (Lipinski definition) is 2. The van der Waals surface area contributed by atoms with Gasteiger partial charge in [-0.05, 0) is 44.4 Å². The number of rotatable bonds is 5. The van der Waals surface area contributed by atoms with Crippen molar-refractivity contribution in [1.29, 1.82) is 0 Å². The summed E-state index contributed by atoms with van der Waals surface area (Å²) in [6.07, 6.45) is 10.5. The van der Waals surface area contributed by atoms with Crippen LogP contribution in [0.5, 0.6) is 11.5 Å². The molecule has 0 unspecified atom stereocenters. The van der Waals surface area contributed by atoms with Crippen LogP contribution in [0.15, 0.2) is 41.7 Å². The maximum atomic E-state index is 13.0. The summed E-state index contributed by atoms with van der Waals surface area (Å²) in [7, 11) is 1.66. The van der Waals surface area contributed by atoms with Gasteiger partial charge in [0, 0.05) is 43.8 Å². The number of allylic oxidation sites excluding steroid dienone is 1. The molecular weight excluding hydrogens is 432 g/mol. The Balaban J connectivity index is 1.43. The highest BCUT2D eigenvalue weighted by Gasteiger charge is 2.48. The van der Waals surface area contributed by atoms with Crippen LogP contribution in [0.3, 0.4) is 0 Å². The second-order valence-corrected chi connectivity index (χ2v) is 8.75. The molecule has 2 aromatic rings. The quantitative estimate of drug-likeness (QED) is 0.639. The minimum absolute atomic E-state index is 0.0473. The molecule has 1 spiro atoms. The maximum Gasteiger partial charge on any atom is 0.329 e. The molecule has 0 bridgehead atoms. The molecule has 0 atom stereocenters. The Bertz CT molecular complexity index is 1140. The summed E-state index contributed by atoms with van der Waals surface area (Å²) in [5.74, 6) is 1.43. The number of ether oxygens (including phenoxy) is 1. The minimum atomic E-state index is -0.425. The van der Waals surface area contributed by atoms with Crippen LogP contribution in [0.25, 0.3) is 5.57 Å². The van der Waals surface area contributed by atoms with E-state index in [0.717, 1.165) is 38.5 Å². The monoisotopic (exact) mass is 462 g/mol. The number of carbonyl (C=O) groups excluding carboxylic acids is 2. The number of nitrogens with two attached hydrogens (primary N) is 1. The lowest BCUT2D eigenvalue weighted by Gasteiger charge is -2.31. The van der Waals surface area contributed by atoms with Crippen LogP contribution in [-0.4, -0.2) is 46.6 Å². The first-order valence-corrected chi connectivity index (χ1v) is 11.5. The molecule has 9 heteroatoms. The van der Waals surface area contributed by atoms with Crippen LogP contribution in [-0.2, 0) is 4.79 Å². The normalized spacial score (nSPS) is 18.0. The lowest BCUT2D eigenvalue weighted by Crippen LogP contribution is -2.41. The molecule has 0 aromatic carbocycles. The van der Waals surface area contributed by atoms with Crippen molar-refractivity contribution in [2.45, 2.75) is 45.4 Å². The molecule has 9 nitrogen and oxygen atoms in total. The van der Waals surface area contributed by atoms with E-state index in [9.17, 15) is 9.59 Å². The summed E-state index contributed by atoms with van der Waals surface area (Å²) in [5, 5.41) is 2.77. The molecule has 0 radical (unpaired) electrons. The van der Waals surface area contributed by atoms with Crippen molar-refractivity contribution >= 4 is 29.5 Å². The second-order valence-electron chi connectivity index (χ2n) is 8.75. The van der Waals surface area contributed by atoms with E-state index < -0.39 is 6.03 Å². The third kappa shape index (κ3) is 4.78. The predicted octanol–water partition coefficient (Wildman–Crippen LogP) is 4.29. The van der Waals surface area contributed by atoms with E-state index in [0.29, 0.717) is 40.8 Å². The van der Waals surface area contributed by atoms with Crippen LogP contribution < -0.4 is 15.8 Å². The van der Waals surface area contributed by atoms with Crippen LogP contribution in [0, 0.1) is 12.3 Å². The standard InChI is InChI=1S/C25H30N6O3/c1-17-21(34-19-8-12-28-20(14-19)18(15-26)16-27-2)6-7-22(29-17)30-24(33)31-13-11-25(23(31)32)9-4-3-5-10-25/h6-8,12,14-16H,3-5,9-11,13,26H2,1-2H3,(H,29,30,33). The van der Waals surface area contributed by atoms with Gasteiger partial charge in [0.1, 0.15) is 17.3 Å². The van der Waals surface area contributed by atoms with E-state index >= 15 is 0 Å². The van der Waals surface area contributed by atoms with Crippen molar-refractivity contribution < 1.29 is 14.3 Å². The van der Waals surface area contributed by atoms with Crippen LogP contribution in [0.2, 0.25) is 0 Å². The summed E-state index contributed by atoms with van der Waals surface area (Å²) in [6.45, 7) is 2.25. The number of aliphatic imine (C=N–C) groups is 1. The number of carbonyl (C=O) groups is 2. The van der Waals surface area contributed by atoms with Gasteiger partial charge >= 0.3 is 6.03 Å². The van der Waals surface area contributed by atoms with E-state index in [1.165, 1.54) is 11.1 Å². The Morgan fingerprint density at radius 2 is 2.03 bits per heavy atom. The molecule has 1 saturated carbocycles. The zero-order chi connectivity index (χ0) is 24.1. The number of urea groups is 1. The molecule has 3 N–H and O–H groups in total.